The van der Waals surface area contributed by atoms with Crippen LogP contribution in [-0.4, -0.2) is 21.3 Å². The van der Waals surface area contributed by atoms with Crippen molar-refractivity contribution >= 4 is 51.9 Å². The molecule has 0 spiro atoms. The highest BCUT2D eigenvalue weighted by molar-refractivity contribution is 8.27. The molecule has 1 N–H and O–H groups in total. The molecule has 1 heterocycles. The van der Waals surface area contributed by atoms with E-state index in [-0.39, 0.29) is 17.2 Å². The Morgan fingerprint density at radius 3 is 2.46 bits per heavy atom. The Hall–Kier alpha value is -2.70. The number of rotatable bonds is 4. The molecule has 0 atom stereocenters. The molecule has 1 fully saturated rings. The molecule has 1 amide bonds. The summed E-state index contributed by atoms with van der Waals surface area (Å²) in [7, 11) is 0. The van der Waals surface area contributed by atoms with Crippen molar-refractivity contribution in [2.24, 2.45) is 0 Å². The van der Waals surface area contributed by atoms with Crippen molar-refractivity contribution in [1.82, 2.24) is 0 Å². The van der Waals surface area contributed by atoms with E-state index >= 15 is 0 Å². The molecule has 3 rings (SSSR count). The SMILES string of the molecule is CC(=C\c1ccccc1)/C=C1/SC(=S)N(c2ccccc2C(=O)O)C1=O. The van der Waals surface area contributed by atoms with Gasteiger partial charge in [0.1, 0.15) is 0 Å². The number of carbonyl (C=O) groups is 2. The fraction of sp³-hybridized carbons (Fsp3) is 0.0500. The molecule has 26 heavy (non-hydrogen) atoms. The number of carboxylic acid groups (broad SMARTS) is 1. The number of hydrogen-bond acceptors (Lipinski definition) is 4. The van der Waals surface area contributed by atoms with Crippen LogP contribution in [0.5, 0.6) is 0 Å². The van der Waals surface area contributed by atoms with Crippen molar-refractivity contribution in [3.8, 4) is 0 Å². The van der Waals surface area contributed by atoms with Crippen LogP contribution in [0.4, 0.5) is 5.69 Å². The third-order valence-electron chi connectivity index (χ3n) is 3.72. The molecule has 6 heteroatoms. The summed E-state index contributed by atoms with van der Waals surface area (Å²) >= 11 is 6.49. The normalized spacial score (nSPS) is 16.4. The maximum Gasteiger partial charge on any atom is 0.337 e. The van der Waals surface area contributed by atoms with Crippen molar-refractivity contribution < 1.29 is 14.7 Å². The van der Waals surface area contributed by atoms with Gasteiger partial charge in [0.2, 0.25) is 0 Å². The first kappa shape index (κ1) is 18.1. The number of thioether (sulfide) groups is 1. The molecular formula is C20H15NO3S2. The summed E-state index contributed by atoms with van der Waals surface area (Å²) in [5, 5.41) is 9.36. The van der Waals surface area contributed by atoms with Crippen LogP contribution in [-0.2, 0) is 4.79 Å². The van der Waals surface area contributed by atoms with E-state index in [4.69, 9.17) is 12.2 Å². The van der Waals surface area contributed by atoms with E-state index < -0.39 is 5.97 Å². The van der Waals surface area contributed by atoms with Crippen molar-refractivity contribution in [2.45, 2.75) is 6.92 Å². The molecule has 0 aromatic heterocycles. The summed E-state index contributed by atoms with van der Waals surface area (Å²) in [6, 6.07) is 16.1. The van der Waals surface area contributed by atoms with Crippen molar-refractivity contribution in [3.63, 3.8) is 0 Å². The van der Waals surface area contributed by atoms with E-state index in [0.717, 1.165) is 11.1 Å². The highest BCUT2D eigenvalue weighted by Crippen LogP contribution is 2.37. The van der Waals surface area contributed by atoms with Gasteiger partial charge in [0.25, 0.3) is 5.91 Å². The van der Waals surface area contributed by atoms with Gasteiger partial charge in [-0.3, -0.25) is 9.69 Å². The van der Waals surface area contributed by atoms with E-state index in [1.165, 1.54) is 22.7 Å². The Labute approximate surface area is 160 Å². The molecule has 2 aromatic carbocycles. The number of thiocarbonyl (C=S) groups is 1. The lowest BCUT2D eigenvalue weighted by Gasteiger charge is -2.16. The average molecular weight is 381 g/mol. The number of carboxylic acids is 1. The van der Waals surface area contributed by atoms with Crippen LogP contribution in [0, 0.1) is 0 Å². The smallest absolute Gasteiger partial charge is 0.337 e. The summed E-state index contributed by atoms with van der Waals surface area (Å²) in [5.74, 6) is -1.41. The highest BCUT2D eigenvalue weighted by atomic mass is 32.2. The molecule has 0 saturated carbocycles. The van der Waals surface area contributed by atoms with Crippen LogP contribution < -0.4 is 4.90 Å². The predicted molar refractivity (Wildman–Crippen MR) is 109 cm³/mol. The number of nitrogens with zero attached hydrogens (tertiary/aromatic N) is 1. The Kier molecular flexibility index (Phi) is 5.35. The van der Waals surface area contributed by atoms with Gasteiger partial charge >= 0.3 is 5.97 Å². The lowest BCUT2D eigenvalue weighted by atomic mass is 10.1. The number of carbonyl (C=O) groups excluding carboxylic acids is 1. The second-order valence-corrected chi connectivity index (χ2v) is 7.31. The summed E-state index contributed by atoms with van der Waals surface area (Å²) in [5.41, 5.74) is 2.27. The maximum atomic E-state index is 12.8. The first-order valence-electron chi connectivity index (χ1n) is 7.81. The average Bonchev–Trinajstić information content (AvgIpc) is 2.89. The van der Waals surface area contributed by atoms with Crippen molar-refractivity contribution in [3.05, 3.63) is 82.3 Å². The van der Waals surface area contributed by atoms with Gasteiger partial charge < -0.3 is 5.11 Å². The summed E-state index contributed by atoms with van der Waals surface area (Å²) in [6.07, 6.45) is 3.74. The number of aromatic carboxylic acids is 1. The molecule has 4 nitrogen and oxygen atoms in total. The van der Waals surface area contributed by atoms with Crippen LogP contribution in [0.3, 0.4) is 0 Å². The van der Waals surface area contributed by atoms with Crippen LogP contribution in [0.15, 0.2) is 71.2 Å². The zero-order chi connectivity index (χ0) is 18.7. The molecule has 1 aliphatic heterocycles. The zero-order valence-electron chi connectivity index (χ0n) is 13.9. The van der Waals surface area contributed by atoms with E-state index in [1.54, 1.807) is 24.3 Å². The minimum absolute atomic E-state index is 0.0431. The van der Waals surface area contributed by atoms with Crippen LogP contribution in [0.1, 0.15) is 22.8 Å². The largest absolute Gasteiger partial charge is 0.478 e. The minimum Gasteiger partial charge on any atom is -0.478 e. The Bertz CT molecular complexity index is 949. The third-order valence-corrected chi connectivity index (χ3v) is 5.02. The number of benzene rings is 2. The molecule has 0 unspecified atom stereocenters. The number of anilines is 1. The number of para-hydroxylation sites is 1. The van der Waals surface area contributed by atoms with Crippen molar-refractivity contribution in [2.75, 3.05) is 4.90 Å². The number of hydrogen-bond donors (Lipinski definition) is 1. The van der Waals surface area contributed by atoms with Gasteiger partial charge in [0, 0.05) is 0 Å². The van der Waals surface area contributed by atoms with Crippen LogP contribution in [0.2, 0.25) is 0 Å². The lowest BCUT2D eigenvalue weighted by Crippen LogP contribution is -2.29. The second-order valence-electron chi connectivity index (χ2n) is 5.64. The standard InChI is InChI=1S/C20H15NO3S2/c1-13(11-14-7-3-2-4-8-14)12-17-18(22)21(20(25)26-17)16-10-6-5-9-15(16)19(23)24/h2-12H,1H3,(H,23,24)/b13-11+,17-12+. The van der Waals surface area contributed by atoms with E-state index in [1.807, 2.05) is 43.3 Å². The third kappa shape index (κ3) is 3.76. The second kappa shape index (κ2) is 7.68. The molecule has 0 aliphatic carbocycles. The van der Waals surface area contributed by atoms with Crippen LogP contribution in [0.25, 0.3) is 6.08 Å². The molecule has 1 aliphatic rings. The highest BCUT2D eigenvalue weighted by Gasteiger charge is 2.35. The number of allylic oxidation sites excluding steroid dienone is 2. The van der Waals surface area contributed by atoms with Crippen molar-refractivity contribution in [1.29, 1.82) is 0 Å². The fourth-order valence-electron chi connectivity index (χ4n) is 2.59. The van der Waals surface area contributed by atoms with E-state index in [0.29, 0.717) is 9.23 Å². The number of amides is 1. The van der Waals surface area contributed by atoms with Crippen LogP contribution >= 0.6 is 24.0 Å². The monoisotopic (exact) mass is 381 g/mol. The van der Waals surface area contributed by atoms with Gasteiger partial charge in [-0.15, -0.1) is 0 Å². The molecule has 0 bridgehead atoms. The molecule has 2 aromatic rings. The quantitative estimate of drug-likeness (QED) is 0.612. The predicted octanol–water partition coefficient (Wildman–Crippen LogP) is 4.74. The lowest BCUT2D eigenvalue weighted by molar-refractivity contribution is -0.113. The molecule has 1 saturated heterocycles. The first-order chi connectivity index (χ1) is 12.5. The summed E-state index contributed by atoms with van der Waals surface area (Å²) in [6.45, 7) is 1.91. The molecular weight excluding hydrogens is 366 g/mol. The Morgan fingerprint density at radius 2 is 1.77 bits per heavy atom. The zero-order valence-corrected chi connectivity index (χ0v) is 15.5. The first-order valence-corrected chi connectivity index (χ1v) is 9.03. The van der Waals surface area contributed by atoms with Gasteiger partial charge in [0.05, 0.1) is 16.2 Å². The molecule has 130 valence electrons. The fourth-order valence-corrected chi connectivity index (χ4v) is 3.92. The topological polar surface area (TPSA) is 57.6 Å². The van der Waals surface area contributed by atoms with Gasteiger partial charge in [-0.05, 0) is 36.3 Å². The summed E-state index contributed by atoms with van der Waals surface area (Å²) < 4.78 is 0.322. The van der Waals surface area contributed by atoms with Gasteiger partial charge in [0.15, 0.2) is 4.32 Å². The van der Waals surface area contributed by atoms with Gasteiger partial charge in [-0.1, -0.05) is 72.5 Å². The van der Waals surface area contributed by atoms with E-state index in [9.17, 15) is 14.7 Å². The molecule has 0 radical (unpaired) electrons. The van der Waals surface area contributed by atoms with Gasteiger partial charge in [-0.2, -0.15) is 0 Å². The summed E-state index contributed by atoms with van der Waals surface area (Å²) in [4.78, 5) is 26.0. The van der Waals surface area contributed by atoms with Gasteiger partial charge in [-0.25, -0.2) is 4.79 Å². The van der Waals surface area contributed by atoms with E-state index in [2.05, 4.69) is 0 Å². The maximum absolute atomic E-state index is 12.8. The minimum atomic E-state index is -1.10. The Morgan fingerprint density at radius 1 is 1.12 bits per heavy atom. The Balaban J connectivity index is 1.93.